The number of ether oxygens (including phenoxy) is 3. The molecule has 30 heavy (non-hydrogen) atoms. The third-order valence-electron chi connectivity index (χ3n) is 5.03. The molecule has 1 amide bonds. The predicted molar refractivity (Wildman–Crippen MR) is 117 cm³/mol. The molecule has 1 N–H and O–H groups in total. The van der Waals surface area contributed by atoms with Crippen molar-refractivity contribution in [2.24, 2.45) is 5.92 Å². The first-order chi connectivity index (χ1) is 14.4. The topological polar surface area (TPSA) is 71.5 Å². The molecule has 1 aromatic carbocycles. The molecule has 170 valence electrons. The van der Waals surface area contributed by atoms with Gasteiger partial charge in [0.05, 0.1) is 32.0 Å². The van der Waals surface area contributed by atoms with Crippen molar-refractivity contribution in [3.63, 3.8) is 0 Å². The normalized spacial score (nSPS) is 18.5. The number of methoxy groups -OCH3 is 1. The van der Waals surface area contributed by atoms with Crippen LogP contribution in [0.2, 0.25) is 0 Å². The fourth-order valence-electron chi connectivity index (χ4n) is 3.45. The molecule has 0 bridgehead atoms. The standard InChI is InChI=1S/C23H38N2O5/c1-18(2)16-29-17-21(26)13-24-9-12-30-22(14-24)15-25(10-11-28-4)23(27)20-7-5-19(3)6-8-20/h5-8,18,21-22,26H,9-17H2,1-4H3/t21-,22+/m0/s1. The molecule has 0 radical (unpaired) electrons. The Bertz CT molecular complexity index is 623. The second-order valence-corrected chi connectivity index (χ2v) is 8.45. The van der Waals surface area contributed by atoms with E-state index in [2.05, 4.69) is 18.7 Å². The van der Waals surface area contributed by atoms with Crippen LogP contribution in [0.3, 0.4) is 0 Å². The molecule has 7 nitrogen and oxygen atoms in total. The molecule has 2 rings (SSSR count). The minimum Gasteiger partial charge on any atom is -0.389 e. The lowest BCUT2D eigenvalue weighted by Crippen LogP contribution is -2.51. The highest BCUT2D eigenvalue weighted by molar-refractivity contribution is 5.94. The van der Waals surface area contributed by atoms with Crippen LogP contribution in [0.5, 0.6) is 0 Å². The van der Waals surface area contributed by atoms with Crippen molar-refractivity contribution in [3.8, 4) is 0 Å². The number of nitrogens with zero attached hydrogens (tertiary/aromatic N) is 2. The Hall–Kier alpha value is -1.51. The highest BCUT2D eigenvalue weighted by Gasteiger charge is 2.26. The van der Waals surface area contributed by atoms with Crippen LogP contribution in [0, 0.1) is 12.8 Å². The monoisotopic (exact) mass is 422 g/mol. The summed E-state index contributed by atoms with van der Waals surface area (Å²) in [7, 11) is 1.64. The van der Waals surface area contributed by atoms with Crippen molar-refractivity contribution in [2.75, 3.05) is 66.3 Å². The molecule has 1 aliphatic rings. The lowest BCUT2D eigenvalue weighted by Gasteiger charge is -2.36. The maximum Gasteiger partial charge on any atom is 0.254 e. The molecule has 0 spiro atoms. The molecule has 1 aliphatic heterocycles. The van der Waals surface area contributed by atoms with Gasteiger partial charge in [0.25, 0.3) is 5.91 Å². The molecule has 1 heterocycles. The molecule has 0 saturated carbocycles. The maximum atomic E-state index is 13.0. The van der Waals surface area contributed by atoms with Gasteiger partial charge in [0, 0.05) is 52.0 Å². The van der Waals surface area contributed by atoms with E-state index in [4.69, 9.17) is 14.2 Å². The van der Waals surface area contributed by atoms with Crippen LogP contribution in [-0.2, 0) is 14.2 Å². The van der Waals surface area contributed by atoms with Gasteiger partial charge in [-0.2, -0.15) is 0 Å². The number of hydrogen-bond acceptors (Lipinski definition) is 6. The quantitative estimate of drug-likeness (QED) is 0.554. The van der Waals surface area contributed by atoms with Crippen molar-refractivity contribution in [1.82, 2.24) is 9.80 Å². The summed E-state index contributed by atoms with van der Waals surface area (Å²) in [5, 5.41) is 10.3. The Morgan fingerprint density at radius 2 is 2.03 bits per heavy atom. The molecule has 1 aromatic rings. The minimum absolute atomic E-state index is 0.0186. The van der Waals surface area contributed by atoms with E-state index in [9.17, 15) is 9.90 Å². The zero-order valence-electron chi connectivity index (χ0n) is 18.9. The van der Waals surface area contributed by atoms with E-state index in [-0.39, 0.29) is 12.0 Å². The molecular formula is C23H38N2O5. The smallest absolute Gasteiger partial charge is 0.254 e. The number of β-amino-alcohol motifs (C(OH)–C–C–N with tert-alkyl or cyclic N) is 1. The molecule has 1 saturated heterocycles. The van der Waals surface area contributed by atoms with E-state index in [1.165, 1.54) is 0 Å². The van der Waals surface area contributed by atoms with Gasteiger partial charge in [0.15, 0.2) is 0 Å². The van der Waals surface area contributed by atoms with Gasteiger partial charge in [-0.05, 0) is 25.0 Å². The molecule has 7 heteroatoms. The Balaban J connectivity index is 1.89. The van der Waals surface area contributed by atoms with Crippen LogP contribution < -0.4 is 0 Å². The third kappa shape index (κ3) is 8.70. The number of aliphatic hydroxyl groups is 1. The summed E-state index contributed by atoms with van der Waals surface area (Å²) in [5.41, 5.74) is 1.79. The lowest BCUT2D eigenvalue weighted by molar-refractivity contribution is -0.0605. The third-order valence-corrected chi connectivity index (χ3v) is 5.03. The van der Waals surface area contributed by atoms with Crippen LogP contribution in [0.25, 0.3) is 0 Å². The number of rotatable bonds is 12. The first-order valence-electron chi connectivity index (χ1n) is 10.8. The number of carbonyl (C=O) groups excluding carboxylic acids is 1. The van der Waals surface area contributed by atoms with Crippen LogP contribution in [0.4, 0.5) is 0 Å². The molecule has 1 fully saturated rings. The van der Waals surface area contributed by atoms with Crippen LogP contribution in [0.15, 0.2) is 24.3 Å². The van der Waals surface area contributed by atoms with Crippen LogP contribution in [-0.4, -0.2) is 99.3 Å². The van der Waals surface area contributed by atoms with Gasteiger partial charge in [0.1, 0.15) is 0 Å². The lowest BCUT2D eigenvalue weighted by atomic mass is 10.1. The Kier molecular flexibility index (Phi) is 10.7. The first-order valence-corrected chi connectivity index (χ1v) is 10.8. The van der Waals surface area contributed by atoms with Crippen LogP contribution >= 0.6 is 0 Å². The highest BCUT2D eigenvalue weighted by Crippen LogP contribution is 2.12. The van der Waals surface area contributed by atoms with Gasteiger partial charge < -0.3 is 24.2 Å². The van der Waals surface area contributed by atoms with E-state index in [0.717, 1.165) is 12.1 Å². The summed E-state index contributed by atoms with van der Waals surface area (Å²) < 4.78 is 16.7. The summed E-state index contributed by atoms with van der Waals surface area (Å²) in [6.07, 6.45) is -0.630. The number of amides is 1. The fraction of sp³-hybridized carbons (Fsp3) is 0.696. The molecule has 0 aliphatic carbocycles. The number of benzene rings is 1. The first kappa shape index (κ1) is 24.8. The van der Waals surface area contributed by atoms with Crippen molar-refractivity contribution >= 4 is 5.91 Å². The minimum atomic E-state index is -0.527. The van der Waals surface area contributed by atoms with Crippen molar-refractivity contribution in [3.05, 3.63) is 35.4 Å². The molecule has 2 atom stereocenters. The van der Waals surface area contributed by atoms with E-state index >= 15 is 0 Å². The number of morpholine rings is 1. The zero-order chi connectivity index (χ0) is 21.9. The number of aliphatic hydroxyl groups excluding tert-OH is 1. The van der Waals surface area contributed by atoms with E-state index in [0.29, 0.717) is 64.1 Å². The molecule has 0 aromatic heterocycles. The number of carbonyl (C=O) groups is 1. The summed E-state index contributed by atoms with van der Waals surface area (Å²) in [5.74, 6) is 0.434. The van der Waals surface area contributed by atoms with E-state index in [1.54, 1.807) is 12.0 Å². The SMILES string of the molecule is COCCN(C[C@H]1CN(C[C@H](O)COCC(C)C)CCO1)C(=O)c1ccc(C)cc1. The van der Waals surface area contributed by atoms with E-state index < -0.39 is 6.10 Å². The fourth-order valence-corrected chi connectivity index (χ4v) is 3.45. The van der Waals surface area contributed by atoms with Crippen molar-refractivity contribution in [1.29, 1.82) is 0 Å². The maximum absolute atomic E-state index is 13.0. The van der Waals surface area contributed by atoms with Gasteiger partial charge in [-0.15, -0.1) is 0 Å². The summed E-state index contributed by atoms with van der Waals surface area (Å²) >= 11 is 0. The van der Waals surface area contributed by atoms with Gasteiger partial charge >= 0.3 is 0 Å². The summed E-state index contributed by atoms with van der Waals surface area (Å²) in [4.78, 5) is 17.0. The number of hydrogen-bond donors (Lipinski definition) is 1. The van der Waals surface area contributed by atoms with Gasteiger partial charge in [-0.25, -0.2) is 0 Å². The number of aryl methyl sites for hydroxylation is 1. The van der Waals surface area contributed by atoms with Crippen molar-refractivity contribution < 1.29 is 24.1 Å². The van der Waals surface area contributed by atoms with Gasteiger partial charge in [-0.1, -0.05) is 31.5 Å². The second-order valence-electron chi connectivity index (χ2n) is 8.45. The summed E-state index contributed by atoms with van der Waals surface area (Å²) in [6.45, 7) is 11.2. The largest absolute Gasteiger partial charge is 0.389 e. The second kappa shape index (κ2) is 13.0. The average molecular weight is 423 g/mol. The van der Waals surface area contributed by atoms with Crippen LogP contribution in [0.1, 0.15) is 29.8 Å². The van der Waals surface area contributed by atoms with E-state index in [1.807, 2.05) is 31.2 Å². The molecular weight excluding hydrogens is 384 g/mol. The summed E-state index contributed by atoms with van der Waals surface area (Å²) in [6, 6.07) is 7.62. The predicted octanol–water partition coefficient (Wildman–Crippen LogP) is 1.82. The van der Waals surface area contributed by atoms with Crippen molar-refractivity contribution in [2.45, 2.75) is 33.0 Å². The Labute approximate surface area is 180 Å². The highest BCUT2D eigenvalue weighted by atomic mass is 16.5. The van der Waals surface area contributed by atoms with Gasteiger partial charge in [0.2, 0.25) is 0 Å². The van der Waals surface area contributed by atoms with Gasteiger partial charge in [-0.3, -0.25) is 9.69 Å². The average Bonchev–Trinajstić information content (AvgIpc) is 2.71. The zero-order valence-corrected chi connectivity index (χ0v) is 18.9. The Morgan fingerprint density at radius 1 is 1.30 bits per heavy atom. The molecule has 0 unspecified atom stereocenters. The Morgan fingerprint density at radius 3 is 2.70 bits per heavy atom.